The highest BCUT2D eigenvalue weighted by Gasteiger charge is 2.41. The number of benzene rings is 1. The van der Waals surface area contributed by atoms with Gasteiger partial charge >= 0.3 is 6.36 Å². The summed E-state index contributed by atoms with van der Waals surface area (Å²) in [6.07, 6.45) is -6.70. The SMILES string of the molecule is Cc1cc2sc(-c3c(C)nc(NC(C)c4ccc(OC(F)(F)F)cc4)nc3N[C@@H]3C[C@H](CO)[C@@H](O)[C@H]3O)nc2c(C)n1. The fraction of sp³-hybridized carbons (Fsp3) is 0.429. The second-order valence-electron chi connectivity index (χ2n) is 10.5. The molecule has 3 aromatic heterocycles. The lowest BCUT2D eigenvalue weighted by Gasteiger charge is -2.22. The minimum Gasteiger partial charge on any atom is -0.406 e. The predicted molar refractivity (Wildman–Crippen MR) is 152 cm³/mol. The summed E-state index contributed by atoms with van der Waals surface area (Å²) in [6, 6.07) is 6.47. The number of alkyl halides is 3. The number of aryl methyl sites for hydroxylation is 3. The molecule has 1 unspecified atom stereocenters. The first-order valence-corrected chi connectivity index (χ1v) is 14.1. The molecular weight excluding hydrogens is 573 g/mol. The van der Waals surface area contributed by atoms with Gasteiger partial charge in [0.05, 0.1) is 39.8 Å². The van der Waals surface area contributed by atoms with Gasteiger partial charge in [-0.3, -0.25) is 4.98 Å². The van der Waals surface area contributed by atoms with E-state index in [2.05, 4.69) is 25.3 Å². The maximum absolute atomic E-state index is 12.5. The van der Waals surface area contributed by atoms with Crippen LogP contribution in [0.5, 0.6) is 5.75 Å². The Balaban J connectivity index is 1.49. The van der Waals surface area contributed by atoms with Gasteiger partial charge in [0.1, 0.15) is 28.2 Å². The first-order valence-electron chi connectivity index (χ1n) is 13.3. The Kier molecular flexibility index (Phi) is 8.25. The molecule has 14 heteroatoms. The van der Waals surface area contributed by atoms with Crippen LogP contribution >= 0.6 is 11.3 Å². The van der Waals surface area contributed by atoms with Gasteiger partial charge in [0.2, 0.25) is 5.95 Å². The highest BCUT2D eigenvalue weighted by molar-refractivity contribution is 7.21. The fourth-order valence-corrected chi connectivity index (χ4v) is 6.40. The van der Waals surface area contributed by atoms with Crippen molar-refractivity contribution in [2.75, 3.05) is 17.2 Å². The Hall–Kier alpha value is -3.59. The van der Waals surface area contributed by atoms with Crippen molar-refractivity contribution in [2.24, 2.45) is 5.92 Å². The van der Waals surface area contributed by atoms with Gasteiger partial charge < -0.3 is 30.7 Å². The van der Waals surface area contributed by atoms with Gasteiger partial charge in [-0.1, -0.05) is 12.1 Å². The lowest BCUT2D eigenvalue weighted by Crippen LogP contribution is -2.35. The first kappa shape index (κ1) is 29.9. The van der Waals surface area contributed by atoms with Crippen molar-refractivity contribution in [3.05, 3.63) is 53.0 Å². The summed E-state index contributed by atoms with van der Waals surface area (Å²) in [5, 5.41) is 37.9. The van der Waals surface area contributed by atoms with Crippen LogP contribution in [0.4, 0.5) is 24.9 Å². The van der Waals surface area contributed by atoms with Crippen molar-refractivity contribution in [1.82, 2.24) is 19.9 Å². The first-order chi connectivity index (χ1) is 19.8. The van der Waals surface area contributed by atoms with E-state index in [-0.39, 0.29) is 24.3 Å². The third-order valence-corrected chi connectivity index (χ3v) is 8.32. The number of aliphatic hydroxyl groups excluding tert-OH is 3. The molecule has 1 fully saturated rings. The largest absolute Gasteiger partial charge is 0.573 e. The van der Waals surface area contributed by atoms with Gasteiger partial charge in [0.25, 0.3) is 0 Å². The molecule has 1 aliphatic carbocycles. The number of aromatic nitrogens is 4. The van der Waals surface area contributed by atoms with E-state index in [0.29, 0.717) is 34.1 Å². The Morgan fingerprint density at radius 2 is 1.74 bits per heavy atom. The standard InChI is InChI=1S/C28H31F3N6O4S/c1-12-9-20-22(15(4)32-12)36-26(42-20)21-14(3)34-27(37-25(21)35-19-10-17(11-38)23(39)24(19)40)33-13(2)16-5-7-18(8-6-16)41-28(29,30)31/h5-9,13,17,19,23-24,38-40H,10-11H2,1-4H3,(H2,33,34,35,37)/t13?,17-,19-,23-,24+/m1/s1. The number of ether oxygens (including phenoxy) is 1. The molecule has 5 atom stereocenters. The van der Waals surface area contributed by atoms with Gasteiger partial charge in [-0.25, -0.2) is 9.97 Å². The molecule has 42 heavy (non-hydrogen) atoms. The molecule has 0 spiro atoms. The number of nitrogens with zero attached hydrogens (tertiary/aromatic N) is 4. The number of thiazole rings is 1. The third kappa shape index (κ3) is 6.26. The number of pyridine rings is 1. The van der Waals surface area contributed by atoms with Crippen LogP contribution < -0.4 is 15.4 Å². The van der Waals surface area contributed by atoms with E-state index in [1.807, 2.05) is 26.8 Å². The summed E-state index contributed by atoms with van der Waals surface area (Å²) in [7, 11) is 0. The van der Waals surface area contributed by atoms with Gasteiger partial charge in [-0.2, -0.15) is 4.98 Å². The Labute approximate surface area is 243 Å². The number of hydrogen-bond donors (Lipinski definition) is 5. The van der Waals surface area contributed by atoms with Crippen molar-refractivity contribution in [3.8, 4) is 16.3 Å². The third-order valence-electron chi connectivity index (χ3n) is 7.30. The van der Waals surface area contributed by atoms with Gasteiger partial charge in [-0.15, -0.1) is 24.5 Å². The van der Waals surface area contributed by atoms with E-state index < -0.39 is 30.5 Å². The van der Waals surface area contributed by atoms with Crippen LogP contribution in [0.3, 0.4) is 0 Å². The Morgan fingerprint density at radius 1 is 1.02 bits per heavy atom. The van der Waals surface area contributed by atoms with Crippen LogP contribution in [0.1, 0.15) is 42.0 Å². The minimum absolute atomic E-state index is 0.239. The molecule has 0 amide bonds. The zero-order valence-electron chi connectivity index (χ0n) is 23.3. The Bertz CT molecular complexity index is 1580. The molecule has 0 saturated heterocycles. The van der Waals surface area contributed by atoms with Crippen molar-refractivity contribution in [2.45, 2.75) is 64.8 Å². The molecule has 10 nitrogen and oxygen atoms in total. The number of fused-ring (bicyclic) bond motifs is 1. The van der Waals surface area contributed by atoms with Crippen LogP contribution in [0.25, 0.3) is 20.8 Å². The summed E-state index contributed by atoms with van der Waals surface area (Å²) in [4.78, 5) is 18.7. The zero-order valence-corrected chi connectivity index (χ0v) is 24.1. The average Bonchev–Trinajstić information content (AvgIpc) is 3.44. The second kappa shape index (κ2) is 11.6. The van der Waals surface area contributed by atoms with E-state index >= 15 is 0 Å². The van der Waals surface area contributed by atoms with E-state index in [1.165, 1.54) is 35.6 Å². The molecule has 0 radical (unpaired) electrons. The van der Waals surface area contributed by atoms with E-state index in [4.69, 9.17) is 9.97 Å². The van der Waals surface area contributed by atoms with Gasteiger partial charge in [0.15, 0.2) is 0 Å². The average molecular weight is 605 g/mol. The lowest BCUT2D eigenvalue weighted by atomic mass is 10.1. The van der Waals surface area contributed by atoms with Crippen LogP contribution in [-0.4, -0.2) is 66.5 Å². The number of hydrogen-bond acceptors (Lipinski definition) is 11. The molecule has 0 aliphatic heterocycles. The predicted octanol–water partition coefficient (Wildman–Crippen LogP) is 4.66. The molecule has 1 aromatic carbocycles. The monoisotopic (exact) mass is 604 g/mol. The summed E-state index contributed by atoms with van der Waals surface area (Å²) in [6.45, 7) is 7.15. The van der Waals surface area contributed by atoms with Gasteiger partial charge in [0, 0.05) is 18.2 Å². The van der Waals surface area contributed by atoms with Crippen molar-refractivity contribution in [1.29, 1.82) is 0 Å². The van der Waals surface area contributed by atoms with Gasteiger partial charge in [-0.05, 0) is 57.9 Å². The highest BCUT2D eigenvalue weighted by Crippen LogP contribution is 2.39. The lowest BCUT2D eigenvalue weighted by molar-refractivity contribution is -0.274. The van der Waals surface area contributed by atoms with Crippen LogP contribution in [0, 0.1) is 26.7 Å². The number of aliphatic hydroxyl groups is 3. The maximum atomic E-state index is 12.5. The zero-order chi connectivity index (χ0) is 30.3. The fourth-order valence-electron chi connectivity index (χ4n) is 5.19. The van der Waals surface area contributed by atoms with Crippen molar-refractivity contribution < 1.29 is 33.2 Å². The Morgan fingerprint density at radius 3 is 2.38 bits per heavy atom. The summed E-state index contributed by atoms with van der Waals surface area (Å²) >= 11 is 1.46. The normalized spacial score (nSPS) is 21.5. The van der Waals surface area contributed by atoms with Crippen molar-refractivity contribution in [3.63, 3.8) is 0 Å². The molecule has 1 aliphatic rings. The minimum atomic E-state index is -4.78. The summed E-state index contributed by atoms with van der Waals surface area (Å²) < 4.78 is 42.5. The molecular formula is C28H31F3N6O4S. The number of rotatable bonds is 8. The maximum Gasteiger partial charge on any atom is 0.573 e. The van der Waals surface area contributed by atoms with Crippen LogP contribution in [0.2, 0.25) is 0 Å². The topological polar surface area (TPSA) is 146 Å². The number of nitrogens with one attached hydrogen (secondary N) is 2. The number of anilines is 2. The van der Waals surface area contributed by atoms with E-state index in [9.17, 15) is 28.5 Å². The number of halogens is 3. The summed E-state index contributed by atoms with van der Waals surface area (Å²) in [5.41, 5.74) is 4.30. The molecule has 4 aromatic rings. The highest BCUT2D eigenvalue weighted by atomic mass is 32.1. The summed E-state index contributed by atoms with van der Waals surface area (Å²) in [5.74, 6) is -0.202. The molecule has 1 saturated carbocycles. The van der Waals surface area contributed by atoms with E-state index in [0.717, 1.165) is 21.6 Å². The quantitative estimate of drug-likeness (QED) is 0.193. The smallest absolute Gasteiger partial charge is 0.406 e. The molecule has 0 bridgehead atoms. The second-order valence-corrected chi connectivity index (χ2v) is 11.5. The van der Waals surface area contributed by atoms with Crippen molar-refractivity contribution >= 4 is 33.3 Å². The molecule has 224 valence electrons. The van der Waals surface area contributed by atoms with E-state index in [1.54, 1.807) is 6.92 Å². The molecule has 5 N–H and O–H groups in total. The van der Waals surface area contributed by atoms with Crippen LogP contribution in [0.15, 0.2) is 30.3 Å². The van der Waals surface area contributed by atoms with Crippen LogP contribution in [-0.2, 0) is 0 Å². The molecule has 3 heterocycles. The molecule has 5 rings (SSSR count).